The summed E-state index contributed by atoms with van der Waals surface area (Å²) in [5.74, 6) is -0.864. The largest absolute Gasteiger partial charge is 0.352 e. The van der Waals surface area contributed by atoms with E-state index >= 15 is 0 Å². The van der Waals surface area contributed by atoms with Crippen LogP contribution in [0.25, 0.3) is 0 Å². The van der Waals surface area contributed by atoms with Crippen molar-refractivity contribution in [2.45, 2.75) is 20.8 Å². The predicted octanol–water partition coefficient (Wildman–Crippen LogP) is 2.40. The number of hydrogen-bond acceptors (Lipinski definition) is 4. The highest BCUT2D eigenvalue weighted by Crippen LogP contribution is 2.17. The van der Waals surface area contributed by atoms with Crippen LogP contribution in [0.1, 0.15) is 51.8 Å². The van der Waals surface area contributed by atoms with Crippen LogP contribution in [-0.2, 0) is 0 Å². The highest BCUT2D eigenvalue weighted by Gasteiger charge is 2.15. The summed E-state index contributed by atoms with van der Waals surface area (Å²) in [5.41, 5.74) is 7.01. The van der Waals surface area contributed by atoms with E-state index in [1.807, 2.05) is 20.8 Å². The molecule has 0 spiro atoms. The summed E-state index contributed by atoms with van der Waals surface area (Å²) < 4.78 is 0. The summed E-state index contributed by atoms with van der Waals surface area (Å²) >= 11 is 0. The van der Waals surface area contributed by atoms with Gasteiger partial charge in [-0.15, -0.1) is 0 Å². The maximum atomic E-state index is 12.6. The topological polar surface area (TPSA) is 113 Å². The molecule has 0 aliphatic heterocycles. The van der Waals surface area contributed by atoms with E-state index in [-0.39, 0.29) is 23.1 Å². The van der Waals surface area contributed by atoms with Gasteiger partial charge in [0, 0.05) is 30.8 Å². The Morgan fingerprint density at radius 2 is 1.41 bits per heavy atom. The third-order valence-corrected chi connectivity index (χ3v) is 4.04. The average molecular weight is 396 g/mol. The van der Waals surface area contributed by atoms with Crippen molar-refractivity contribution in [3.8, 4) is 0 Å². The number of benzene rings is 2. The second-order valence-corrected chi connectivity index (χ2v) is 7.86. The van der Waals surface area contributed by atoms with Gasteiger partial charge in [-0.05, 0) is 41.8 Å². The molecule has 5 N–H and O–H groups in total. The summed E-state index contributed by atoms with van der Waals surface area (Å²) in [5, 5.41) is 8.30. The fourth-order valence-electron chi connectivity index (χ4n) is 2.49. The van der Waals surface area contributed by atoms with Crippen LogP contribution in [0, 0.1) is 5.41 Å². The van der Waals surface area contributed by atoms with E-state index in [0.717, 1.165) is 0 Å². The Labute approximate surface area is 171 Å². The van der Waals surface area contributed by atoms with Crippen molar-refractivity contribution in [2.75, 3.05) is 25.0 Å². The van der Waals surface area contributed by atoms with Gasteiger partial charge in [-0.1, -0.05) is 32.9 Å². The molecule has 7 heteroatoms. The smallest absolute Gasteiger partial charge is 0.255 e. The van der Waals surface area contributed by atoms with Gasteiger partial charge in [0.1, 0.15) is 0 Å². The van der Waals surface area contributed by atoms with Crippen molar-refractivity contribution in [1.29, 1.82) is 0 Å². The fourth-order valence-corrected chi connectivity index (χ4v) is 2.49. The first-order chi connectivity index (χ1) is 13.7. The molecule has 0 radical (unpaired) electrons. The molecule has 7 nitrogen and oxygen atoms in total. The molecule has 0 bridgehead atoms. The van der Waals surface area contributed by atoms with E-state index in [0.29, 0.717) is 42.0 Å². The third kappa shape index (κ3) is 6.73. The number of carbonyl (C=O) groups is 3. The van der Waals surface area contributed by atoms with Gasteiger partial charge in [0.2, 0.25) is 0 Å². The van der Waals surface area contributed by atoms with Crippen molar-refractivity contribution in [3.63, 3.8) is 0 Å². The Balaban J connectivity index is 2.07. The van der Waals surface area contributed by atoms with Crippen LogP contribution in [0.3, 0.4) is 0 Å². The monoisotopic (exact) mass is 396 g/mol. The van der Waals surface area contributed by atoms with Crippen molar-refractivity contribution in [1.82, 2.24) is 10.6 Å². The Morgan fingerprint density at radius 1 is 0.828 bits per heavy atom. The van der Waals surface area contributed by atoms with Crippen LogP contribution in [0.4, 0.5) is 5.69 Å². The summed E-state index contributed by atoms with van der Waals surface area (Å²) in [6, 6.07) is 13.1. The van der Waals surface area contributed by atoms with Crippen molar-refractivity contribution >= 4 is 23.4 Å². The van der Waals surface area contributed by atoms with E-state index in [1.54, 1.807) is 48.5 Å². The van der Waals surface area contributed by atoms with Crippen LogP contribution in [-0.4, -0.2) is 37.4 Å². The maximum absolute atomic E-state index is 12.6. The van der Waals surface area contributed by atoms with Gasteiger partial charge >= 0.3 is 0 Å². The molecule has 2 aromatic carbocycles. The lowest BCUT2D eigenvalue weighted by Crippen LogP contribution is -2.32. The fraction of sp³-hybridized carbons (Fsp3) is 0.318. The van der Waals surface area contributed by atoms with Crippen LogP contribution in [0.2, 0.25) is 0 Å². The first kappa shape index (κ1) is 22.1. The van der Waals surface area contributed by atoms with Gasteiger partial charge in [-0.2, -0.15) is 0 Å². The van der Waals surface area contributed by atoms with E-state index in [4.69, 9.17) is 5.73 Å². The quantitative estimate of drug-likeness (QED) is 0.575. The lowest BCUT2D eigenvalue weighted by atomic mass is 9.97. The van der Waals surface area contributed by atoms with Crippen molar-refractivity contribution < 1.29 is 14.4 Å². The van der Waals surface area contributed by atoms with Gasteiger partial charge in [-0.25, -0.2) is 0 Å². The Hall–Kier alpha value is -3.19. The Bertz CT molecular complexity index is 870. The molecule has 29 heavy (non-hydrogen) atoms. The summed E-state index contributed by atoms with van der Waals surface area (Å²) in [4.78, 5) is 37.0. The number of amides is 3. The number of hydrogen-bond donors (Lipinski definition) is 4. The minimum absolute atomic E-state index is 0.0146. The number of nitrogens with two attached hydrogens (primary N) is 1. The molecule has 0 fully saturated rings. The van der Waals surface area contributed by atoms with E-state index in [9.17, 15) is 14.4 Å². The minimum Gasteiger partial charge on any atom is -0.352 e. The SMILES string of the molecule is CC(C)(C)CNC(=O)c1ccc(C(=O)Nc2ccccc2C(=O)NCCN)cc1. The van der Waals surface area contributed by atoms with E-state index in [1.165, 1.54) is 0 Å². The highest BCUT2D eigenvalue weighted by atomic mass is 16.2. The number of nitrogens with one attached hydrogen (secondary N) is 3. The lowest BCUT2D eigenvalue weighted by Gasteiger charge is -2.18. The Kier molecular flexibility index (Phi) is 7.50. The molecule has 0 aliphatic rings. The maximum Gasteiger partial charge on any atom is 0.255 e. The highest BCUT2D eigenvalue weighted by molar-refractivity contribution is 6.09. The summed E-state index contributed by atoms with van der Waals surface area (Å²) in [6.45, 7) is 7.34. The molecule has 154 valence electrons. The molecular formula is C22H28N4O3. The minimum atomic E-state index is -0.370. The first-order valence-electron chi connectivity index (χ1n) is 9.48. The zero-order valence-electron chi connectivity index (χ0n) is 17.0. The first-order valence-corrected chi connectivity index (χ1v) is 9.48. The van der Waals surface area contributed by atoms with Gasteiger partial charge in [0.15, 0.2) is 0 Å². The number of anilines is 1. The van der Waals surface area contributed by atoms with Gasteiger partial charge in [0.25, 0.3) is 17.7 Å². The number of carbonyl (C=O) groups excluding carboxylic acids is 3. The molecule has 0 saturated heterocycles. The second-order valence-electron chi connectivity index (χ2n) is 7.86. The third-order valence-electron chi connectivity index (χ3n) is 4.04. The van der Waals surface area contributed by atoms with Gasteiger partial charge < -0.3 is 21.7 Å². The molecule has 0 aromatic heterocycles. The molecule has 2 rings (SSSR count). The number of para-hydroxylation sites is 1. The molecule has 0 saturated carbocycles. The molecule has 0 unspecified atom stereocenters. The van der Waals surface area contributed by atoms with Crippen LogP contribution in [0.5, 0.6) is 0 Å². The van der Waals surface area contributed by atoms with E-state index < -0.39 is 0 Å². The molecule has 0 atom stereocenters. The standard InChI is InChI=1S/C22H28N4O3/c1-22(2,3)14-25-19(27)15-8-10-16(11-9-15)20(28)26-18-7-5-4-6-17(18)21(29)24-13-12-23/h4-11H,12-14,23H2,1-3H3,(H,24,29)(H,25,27)(H,26,28). The molecule has 0 heterocycles. The Morgan fingerprint density at radius 3 is 2.00 bits per heavy atom. The normalized spacial score (nSPS) is 10.9. The summed E-state index contributed by atoms with van der Waals surface area (Å²) in [7, 11) is 0. The van der Waals surface area contributed by atoms with Crippen molar-refractivity contribution in [2.24, 2.45) is 11.1 Å². The van der Waals surface area contributed by atoms with Crippen LogP contribution in [0.15, 0.2) is 48.5 Å². The summed E-state index contributed by atoms with van der Waals surface area (Å²) in [6.07, 6.45) is 0. The lowest BCUT2D eigenvalue weighted by molar-refractivity contribution is 0.0935. The molecular weight excluding hydrogens is 368 g/mol. The molecule has 2 aromatic rings. The van der Waals surface area contributed by atoms with Gasteiger partial charge in [-0.3, -0.25) is 14.4 Å². The zero-order chi connectivity index (χ0) is 21.4. The molecule has 3 amide bonds. The van der Waals surface area contributed by atoms with Crippen LogP contribution < -0.4 is 21.7 Å². The predicted molar refractivity (Wildman–Crippen MR) is 114 cm³/mol. The van der Waals surface area contributed by atoms with E-state index in [2.05, 4.69) is 16.0 Å². The zero-order valence-corrected chi connectivity index (χ0v) is 17.0. The van der Waals surface area contributed by atoms with Gasteiger partial charge in [0.05, 0.1) is 11.3 Å². The van der Waals surface area contributed by atoms with Crippen molar-refractivity contribution in [3.05, 3.63) is 65.2 Å². The second kappa shape index (κ2) is 9.84. The van der Waals surface area contributed by atoms with Crippen LogP contribution >= 0.6 is 0 Å². The number of rotatable bonds is 7. The average Bonchev–Trinajstić information content (AvgIpc) is 2.70. The molecule has 0 aliphatic carbocycles.